The maximum absolute atomic E-state index is 12.7. The molecule has 29 heteroatoms. The largest absolute Gasteiger partial charge is 0.389 e. The molecule has 4 aliphatic heterocycles. The molecule has 8 N–H and O–H groups in total. The molecule has 2 unspecified atom stereocenters. The second-order valence-corrected chi connectivity index (χ2v) is 38.6. The number of amides is 1. The molecular weight excluding hydrogens is 1520 g/mol. The molecule has 110 heavy (non-hydrogen) atoms. The van der Waals surface area contributed by atoms with Crippen molar-refractivity contribution in [3.63, 3.8) is 0 Å². The van der Waals surface area contributed by atoms with E-state index < -0.39 is 35.3 Å². The number of ketones is 1. The molecular formula is C81H97N13O9S7. The minimum Gasteiger partial charge on any atom is -0.389 e. The number of carbonyl (C=O) groups is 2. The van der Waals surface area contributed by atoms with Crippen LogP contribution in [-0.4, -0.2) is 173 Å². The molecule has 14 rings (SSSR count). The number of fused-ring (bicyclic) bond motifs is 3. The van der Waals surface area contributed by atoms with Crippen molar-refractivity contribution in [1.82, 2.24) is 42.1 Å². The molecule has 4 saturated heterocycles. The van der Waals surface area contributed by atoms with Crippen molar-refractivity contribution in [1.29, 1.82) is 0 Å². The number of benzene rings is 6. The van der Waals surface area contributed by atoms with Crippen molar-refractivity contribution in [2.75, 3.05) is 83.9 Å². The number of nitrogens with two attached hydrogens (primary N) is 3. The van der Waals surface area contributed by atoms with Gasteiger partial charge in [-0.3, -0.25) is 9.59 Å². The van der Waals surface area contributed by atoms with Crippen molar-refractivity contribution >= 4 is 143 Å². The Kier molecular flexibility index (Phi) is 25.9. The summed E-state index contributed by atoms with van der Waals surface area (Å²) in [6.45, 7) is 12.6. The number of rotatable bonds is 24. The summed E-state index contributed by atoms with van der Waals surface area (Å²) in [6, 6.07) is 43.4. The fraction of sp³-hybridized carbons (Fsp3) is 0.395. The van der Waals surface area contributed by atoms with Gasteiger partial charge in [-0.1, -0.05) is 129 Å². The highest BCUT2D eigenvalue weighted by molar-refractivity contribution is 7.89. The summed E-state index contributed by atoms with van der Waals surface area (Å²) in [4.78, 5) is 25.8. The van der Waals surface area contributed by atoms with E-state index in [1.165, 1.54) is 22.4 Å². The average molecular weight is 1620 g/mol. The van der Waals surface area contributed by atoms with E-state index in [0.717, 1.165) is 144 Å². The maximum atomic E-state index is 12.7. The van der Waals surface area contributed by atoms with Crippen LogP contribution in [0, 0.1) is 18.8 Å². The molecule has 0 saturated carbocycles. The lowest BCUT2D eigenvalue weighted by Gasteiger charge is -2.36. The third kappa shape index (κ3) is 19.0. The Labute approximate surface area is 665 Å². The fourth-order valence-corrected chi connectivity index (χ4v) is 19.6. The van der Waals surface area contributed by atoms with Gasteiger partial charge in [-0.25, -0.2) is 38.2 Å². The first-order valence-corrected chi connectivity index (χ1v) is 44.5. The molecule has 2 atom stereocenters. The Morgan fingerprint density at radius 1 is 0.582 bits per heavy atom. The monoisotopic (exact) mass is 1620 g/mol. The number of aryl methyl sites for hydroxylation is 4. The smallest absolute Gasteiger partial charge is 0.226 e. The number of methoxy groups -OCH3 is 1. The fourth-order valence-electron chi connectivity index (χ4n) is 15.4. The molecule has 582 valence electrons. The van der Waals surface area contributed by atoms with Gasteiger partial charge in [0.1, 0.15) is 30.8 Å². The number of ether oxygens (including phenoxy) is 1. The number of sulfonamides is 3. The summed E-state index contributed by atoms with van der Waals surface area (Å²) in [6.07, 6.45) is 16.0. The number of aromatic nitrogens is 5. The van der Waals surface area contributed by atoms with Gasteiger partial charge in [0.05, 0.1) is 36.3 Å². The van der Waals surface area contributed by atoms with Gasteiger partial charge < -0.3 is 46.3 Å². The van der Waals surface area contributed by atoms with Gasteiger partial charge in [0.25, 0.3) is 0 Å². The minimum absolute atomic E-state index is 0.116. The zero-order valence-electron chi connectivity index (χ0n) is 63.1. The van der Waals surface area contributed by atoms with Gasteiger partial charge >= 0.3 is 0 Å². The van der Waals surface area contributed by atoms with Gasteiger partial charge in [-0.15, -0.1) is 21.5 Å². The number of piperidine rings is 3. The van der Waals surface area contributed by atoms with Crippen LogP contribution < -0.4 is 27.8 Å². The lowest BCUT2D eigenvalue weighted by atomic mass is 9.93. The standard InChI is InChI=1S/C29H36N4O3S2.C27H31N5O2S3.C25H30N4O4S2/c1-19(2)38(35,36)32-12-10-24(11-13-32)33-18-26(21-4-3-5-22(15-21)29(30)37)25-8-6-20(14-27(25)33)7-9-28(34)23-16-31-17-23;1-17-15-31(37(3,33)34)12-11-24(17)32-16-23(20-5-4-6-21(14-20)27(28)35)22-9-7-19(13-25(22)32)8-10-26-30-29-18(2)36-26;1-33-13-10-24(30)27-19-6-7-21-22(17-4-3-5-18(14-17)25(26)34)16-29(23(21)15-19)20-8-11-28(12-9-20)35(2,31)32/h3-6,8,14-15,18-19,23-24,31H,7,9-13,16-17H2,1-2H3,(H2,30,37);4-7,9,13-14,16-17,24H,8,10-12,15H2,1-3H3,(H2,28,35);3-7,14-16,20H,8-13H2,1-2H3,(H2,26,34)(H,27,30). The second kappa shape index (κ2) is 34.9. The van der Waals surface area contributed by atoms with Crippen LogP contribution in [0.15, 0.2) is 146 Å². The van der Waals surface area contributed by atoms with Gasteiger partial charge in [-0.2, -0.15) is 0 Å². The molecule has 4 aromatic heterocycles. The lowest BCUT2D eigenvalue weighted by Crippen LogP contribution is -2.46. The van der Waals surface area contributed by atoms with Crippen molar-refractivity contribution < 1.29 is 39.6 Å². The summed E-state index contributed by atoms with van der Waals surface area (Å²) in [5.74, 6) is 0.536. The Morgan fingerprint density at radius 3 is 1.49 bits per heavy atom. The number of thiocarbonyl (C=S) groups is 3. The molecule has 0 aliphatic carbocycles. The zero-order chi connectivity index (χ0) is 78.5. The summed E-state index contributed by atoms with van der Waals surface area (Å²) < 4.78 is 90.5. The number of carbonyl (C=O) groups excluding carboxylic acids is 2. The molecule has 0 spiro atoms. The molecule has 4 aliphatic rings. The lowest BCUT2D eigenvalue weighted by molar-refractivity contribution is -0.124. The highest BCUT2D eigenvalue weighted by Crippen LogP contribution is 2.42. The van der Waals surface area contributed by atoms with Crippen LogP contribution in [0.25, 0.3) is 66.1 Å². The van der Waals surface area contributed by atoms with Crippen molar-refractivity contribution in [2.45, 2.75) is 115 Å². The summed E-state index contributed by atoms with van der Waals surface area (Å²) >= 11 is 17.3. The van der Waals surface area contributed by atoms with E-state index in [1.54, 1.807) is 40.9 Å². The van der Waals surface area contributed by atoms with Crippen LogP contribution in [0.4, 0.5) is 5.69 Å². The number of nitrogens with zero attached hydrogens (tertiary/aromatic N) is 8. The predicted molar refractivity (Wildman–Crippen MR) is 454 cm³/mol. The number of Topliss-reactive ketones (excluding diaryl/α,β-unsaturated/α-hetero) is 1. The molecule has 6 aromatic carbocycles. The summed E-state index contributed by atoms with van der Waals surface area (Å²) in [5.41, 5.74) is 32.8. The number of hydrogen-bond donors (Lipinski definition) is 5. The first kappa shape index (κ1) is 81.4. The van der Waals surface area contributed by atoms with E-state index in [-0.39, 0.29) is 42.3 Å². The Balaban J connectivity index is 0.000000154. The zero-order valence-corrected chi connectivity index (χ0v) is 68.8. The average Bonchev–Trinajstić information content (AvgIpc) is 1.62. The van der Waals surface area contributed by atoms with Gasteiger partial charge in [-0.05, 0) is 142 Å². The van der Waals surface area contributed by atoms with E-state index in [4.69, 9.17) is 58.6 Å². The Morgan fingerprint density at radius 2 is 1.05 bits per heavy atom. The first-order chi connectivity index (χ1) is 52.4. The van der Waals surface area contributed by atoms with E-state index in [9.17, 15) is 34.8 Å². The third-order valence-electron chi connectivity index (χ3n) is 21.6. The van der Waals surface area contributed by atoms with E-state index in [1.807, 2.05) is 85.8 Å². The van der Waals surface area contributed by atoms with Crippen molar-refractivity contribution in [3.05, 3.63) is 184 Å². The van der Waals surface area contributed by atoms with Crippen LogP contribution >= 0.6 is 48.0 Å². The van der Waals surface area contributed by atoms with Gasteiger partial charge in [0.2, 0.25) is 36.0 Å². The third-order valence-corrected chi connectivity index (χ3v) is 28.1. The summed E-state index contributed by atoms with van der Waals surface area (Å²) in [5, 5.41) is 19.5. The van der Waals surface area contributed by atoms with Crippen LogP contribution in [0.2, 0.25) is 0 Å². The van der Waals surface area contributed by atoms with E-state index in [0.29, 0.717) is 98.0 Å². The highest BCUT2D eigenvalue weighted by atomic mass is 32.2. The van der Waals surface area contributed by atoms with E-state index in [2.05, 4.69) is 109 Å². The Bertz CT molecular complexity index is 5460. The SMILES string of the molecule is CC(C)S(=O)(=O)N1CCC(n2cc(-c3cccc(C(N)=S)c3)c3ccc(CCC(=O)C4CNC4)cc32)CC1.COCCC(=O)Nc1ccc2c(-c3cccc(C(N)=S)c3)cn(C3CCN(S(C)(=O)=O)CC3)c2c1.Cc1nnc(CCc2ccc3c(-c4cccc(C(N)=S)c4)cn(C4CCN(S(C)(=O)=O)CC4C)c3c2)s1. The van der Waals surface area contributed by atoms with Gasteiger partial charge in [0.15, 0.2) is 0 Å². The van der Waals surface area contributed by atoms with Crippen LogP contribution in [0.1, 0.15) is 122 Å². The molecule has 10 aromatic rings. The second-order valence-electron chi connectivity index (χ2n) is 29.5. The summed E-state index contributed by atoms with van der Waals surface area (Å²) in [7, 11) is -8.11. The molecule has 22 nitrogen and oxygen atoms in total. The Hall–Kier alpha value is -8.04. The predicted octanol–water partition coefficient (Wildman–Crippen LogP) is 12.3. The van der Waals surface area contributed by atoms with Crippen LogP contribution in [0.3, 0.4) is 0 Å². The van der Waals surface area contributed by atoms with E-state index >= 15 is 0 Å². The van der Waals surface area contributed by atoms with Crippen LogP contribution in [0.5, 0.6) is 0 Å². The molecule has 0 radical (unpaired) electrons. The first-order valence-electron chi connectivity index (χ1n) is 37.2. The quantitative estimate of drug-likeness (QED) is 0.0351. The number of hydrogen-bond acceptors (Lipinski definition) is 16. The maximum Gasteiger partial charge on any atom is 0.226 e. The molecule has 8 heterocycles. The highest BCUT2D eigenvalue weighted by Gasteiger charge is 2.35. The number of nitrogens with one attached hydrogen (secondary N) is 2. The van der Waals surface area contributed by atoms with Crippen molar-refractivity contribution in [2.24, 2.45) is 29.0 Å². The number of anilines is 1. The van der Waals surface area contributed by atoms with Gasteiger partial charge in [0, 0.05) is 181 Å². The topological polar surface area (TPSA) is 298 Å². The minimum atomic E-state index is -3.26. The van der Waals surface area contributed by atoms with Crippen LogP contribution in [-0.2, 0) is 63.7 Å². The molecule has 1 amide bonds. The molecule has 0 bridgehead atoms. The normalized spacial score (nSPS) is 17.3. The molecule has 4 fully saturated rings. The van der Waals surface area contributed by atoms with Crippen molar-refractivity contribution in [3.8, 4) is 33.4 Å².